The Kier molecular flexibility index (Phi) is 8.04. The third-order valence-corrected chi connectivity index (χ3v) is 7.56. The molecular weight excluding hydrogens is 545 g/mol. The molecule has 9 heteroatoms. The van der Waals surface area contributed by atoms with E-state index in [0.29, 0.717) is 37.7 Å². The molecule has 1 aliphatic carbocycles. The third kappa shape index (κ3) is 5.43. The molecule has 0 radical (unpaired) electrons. The summed E-state index contributed by atoms with van der Waals surface area (Å²) in [6.45, 7) is -0.00527. The number of benzene rings is 2. The molecule has 0 bridgehead atoms. The molecule has 2 aromatic carbocycles. The Morgan fingerprint density at radius 3 is 2.75 bits per heavy atom. The van der Waals surface area contributed by atoms with E-state index in [1.165, 1.54) is 30.6 Å². The van der Waals surface area contributed by atoms with Crippen LogP contribution in [-0.2, 0) is 24.2 Å². The van der Waals surface area contributed by atoms with Crippen LogP contribution in [0.2, 0.25) is 0 Å². The second-order valence-electron chi connectivity index (χ2n) is 8.06. The van der Waals surface area contributed by atoms with Gasteiger partial charge in [0.25, 0.3) is 5.91 Å². The topological polar surface area (TPSA) is 95.1 Å². The summed E-state index contributed by atoms with van der Waals surface area (Å²) < 4.78 is 25.7. The Bertz CT molecular complexity index is 1440. The van der Waals surface area contributed by atoms with Crippen LogP contribution in [0.3, 0.4) is 0 Å². The van der Waals surface area contributed by atoms with Gasteiger partial charge in [-0.25, -0.2) is 4.39 Å². The monoisotopic (exact) mass is 565 g/mol. The summed E-state index contributed by atoms with van der Waals surface area (Å²) in [5, 5.41) is 22.5. The van der Waals surface area contributed by atoms with Crippen LogP contribution in [0.4, 0.5) is 9.39 Å². The second kappa shape index (κ2) is 11.4. The maximum absolute atomic E-state index is 14.0. The molecule has 0 saturated heterocycles. The molecule has 36 heavy (non-hydrogen) atoms. The van der Waals surface area contributed by atoms with Gasteiger partial charge in [0, 0.05) is 10.4 Å². The summed E-state index contributed by atoms with van der Waals surface area (Å²) in [7, 11) is 1.46. The quantitative estimate of drug-likeness (QED) is 0.259. The number of amides is 1. The first-order chi connectivity index (χ1) is 17.4. The predicted octanol–water partition coefficient (Wildman–Crippen LogP) is 6.53. The fraction of sp³-hybridized carbons (Fsp3) is 0.222. The van der Waals surface area contributed by atoms with E-state index < -0.39 is 5.91 Å². The van der Waals surface area contributed by atoms with Crippen LogP contribution in [0.1, 0.15) is 40.0 Å². The number of thiophene rings is 1. The van der Waals surface area contributed by atoms with Gasteiger partial charge in [0.15, 0.2) is 11.5 Å². The van der Waals surface area contributed by atoms with E-state index in [0.717, 1.165) is 36.1 Å². The molecule has 1 aromatic heterocycles. The van der Waals surface area contributed by atoms with Crippen molar-refractivity contribution in [1.29, 1.82) is 10.5 Å². The van der Waals surface area contributed by atoms with Gasteiger partial charge in [0.1, 0.15) is 35.1 Å². The summed E-state index contributed by atoms with van der Waals surface area (Å²) in [6, 6.07) is 13.8. The molecule has 1 amide bonds. The van der Waals surface area contributed by atoms with Crippen LogP contribution in [0.15, 0.2) is 46.4 Å². The van der Waals surface area contributed by atoms with Crippen molar-refractivity contribution in [3.63, 3.8) is 0 Å². The number of aryl methyl sites for hydroxylation is 1. The Balaban J connectivity index is 1.56. The number of ether oxygens (including phenoxy) is 2. The summed E-state index contributed by atoms with van der Waals surface area (Å²) in [6.07, 6.45) is 5.23. The number of methoxy groups -OCH3 is 1. The lowest BCUT2D eigenvalue weighted by Gasteiger charge is -2.14. The normalized spacial score (nSPS) is 12.8. The summed E-state index contributed by atoms with van der Waals surface area (Å²) >= 11 is 4.84. The highest BCUT2D eigenvalue weighted by Crippen LogP contribution is 2.39. The fourth-order valence-corrected chi connectivity index (χ4v) is 5.80. The Morgan fingerprint density at radius 1 is 1.25 bits per heavy atom. The molecule has 0 aliphatic heterocycles. The van der Waals surface area contributed by atoms with Crippen LogP contribution in [-0.4, -0.2) is 13.0 Å². The van der Waals surface area contributed by atoms with Gasteiger partial charge in [-0.1, -0.05) is 18.2 Å². The number of nitrogens with zero attached hydrogens (tertiary/aromatic N) is 2. The number of rotatable bonds is 7. The maximum atomic E-state index is 14.0. The van der Waals surface area contributed by atoms with E-state index in [1.807, 2.05) is 6.07 Å². The van der Waals surface area contributed by atoms with Gasteiger partial charge in [-0.05, 0) is 77.0 Å². The highest BCUT2D eigenvalue weighted by atomic mass is 79.9. The number of nitrogens with one attached hydrogen (secondary N) is 1. The van der Waals surface area contributed by atoms with E-state index in [2.05, 4.69) is 27.3 Å². The van der Waals surface area contributed by atoms with Gasteiger partial charge in [0.05, 0.1) is 17.1 Å². The number of nitriles is 2. The molecule has 6 nitrogen and oxygen atoms in total. The molecule has 3 aromatic rings. The summed E-state index contributed by atoms with van der Waals surface area (Å²) in [5.74, 6) is -0.253. The zero-order chi connectivity index (χ0) is 25.7. The zero-order valence-electron chi connectivity index (χ0n) is 19.4. The van der Waals surface area contributed by atoms with E-state index >= 15 is 0 Å². The molecule has 4 rings (SSSR count). The number of fused-ring (bicyclic) bond motifs is 1. The Labute approximate surface area is 220 Å². The minimum Gasteiger partial charge on any atom is -0.493 e. The van der Waals surface area contributed by atoms with Gasteiger partial charge >= 0.3 is 0 Å². The van der Waals surface area contributed by atoms with E-state index in [1.54, 1.807) is 30.3 Å². The number of carbonyl (C=O) groups is 1. The van der Waals surface area contributed by atoms with Crippen LogP contribution in [0.25, 0.3) is 6.08 Å². The average molecular weight is 566 g/mol. The van der Waals surface area contributed by atoms with Crippen molar-refractivity contribution < 1.29 is 18.7 Å². The first-order valence-electron chi connectivity index (χ1n) is 11.2. The highest BCUT2D eigenvalue weighted by molar-refractivity contribution is 9.10. The molecule has 0 unspecified atom stereocenters. The molecule has 182 valence electrons. The first kappa shape index (κ1) is 25.4. The van der Waals surface area contributed by atoms with Crippen LogP contribution < -0.4 is 14.8 Å². The lowest BCUT2D eigenvalue weighted by Crippen LogP contribution is -2.13. The standard InChI is InChI=1S/C27H21BrFN3O3S/c1-34-23-12-16(11-21(28)25(23)35-15-17-6-2-4-8-22(17)29)10-18(13-30)26(33)32-27-20(14-31)19-7-3-5-9-24(19)36-27/h2,4,6,8,10-12H,3,5,7,9,15H2,1H3,(H,32,33)/b18-10+. The maximum Gasteiger partial charge on any atom is 0.266 e. The first-order valence-corrected chi connectivity index (χ1v) is 12.8. The Morgan fingerprint density at radius 2 is 2.03 bits per heavy atom. The lowest BCUT2D eigenvalue weighted by molar-refractivity contribution is -0.112. The number of halogens is 2. The smallest absolute Gasteiger partial charge is 0.266 e. The largest absolute Gasteiger partial charge is 0.493 e. The lowest BCUT2D eigenvalue weighted by atomic mass is 9.96. The van der Waals surface area contributed by atoms with Gasteiger partial charge < -0.3 is 14.8 Å². The average Bonchev–Trinajstić information content (AvgIpc) is 3.23. The summed E-state index contributed by atoms with van der Waals surface area (Å²) in [5.41, 5.74) is 2.28. The number of anilines is 1. The van der Waals surface area contributed by atoms with Crippen LogP contribution >= 0.6 is 27.3 Å². The van der Waals surface area contributed by atoms with E-state index in [4.69, 9.17) is 9.47 Å². The van der Waals surface area contributed by atoms with Gasteiger partial charge in [-0.15, -0.1) is 11.3 Å². The molecule has 0 saturated carbocycles. The van der Waals surface area contributed by atoms with Crippen LogP contribution in [0, 0.1) is 28.5 Å². The minimum absolute atomic E-state index is 0.00527. The number of carbonyl (C=O) groups excluding carboxylic acids is 1. The predicted molar refractivity (Wildman–Crippen MR) is 139 cm³/mol. The van der Waals surface area contributed by atoms with Crippen molar-refractivity contribution in [3.8, 4) is 23.6 Å². The number of hydrogen-bond donors (Lipinski definition) is 1. The van der Waals surface area contributed by atoms with Gasteiger partial charge in [0.2, 0.25) is 0 Å². The molecule has 0 atom stereocenters. The molecule has 1 heterocycles. The molecule has 0 fully saturated rings. The summed E-state index contributed by atoms with van der Waals surface area (Å²) in [4.78, 5) is 14.0. The molecule has 0 spiro atoms. The van der Waals surface area contributed by atoms with Gasteiger partial charge in [-0.2, -0.15) is 10.5 Å². The highest BCUT2D eigenvalue weighted by Gasteiger charge is 2.23. The Hall–Kier alpha value is -3.66. The molecule has 1 aliphatic rings. The molecule has 1 N–H and O–H groups in total. The zero-order valence-corrected chi connectivity index (χ0v) is 21.8. The van der Waals surface area contributed by atoms with Crippen molar-refractivity contribution in [3.05, 3.63) is 79.4 Å². The minimum atomic E-state index is -0.595. The second-order valence-corrected chi connectivity index (χ2v) is 10.0. The van der Waals surface area contributed by atoms with E-state index in [9.17, 15) is 19.7 Å². The van der Waals surface area contributed by atoms with Crippen molar-refractivity contribution >= 4 is 44.3 Å². The van der Waals surface area contributed by atoms with Gasteiger partial charge in [-0.3, -0.25) is 4.79 Å². The number of hydrogen-bond acceptors (Lipinski definition) is 6. The van der Waals surface area contributed by atoms with Crippen molar-refractivity contribution in [2.24, 2.45) is 0 Å². The van der Waals surface area contributed by atoms with Crippen molar-refractivity contribution in [2.45, 2.75) is 32.3 Å². The van der Waals surface area contributed by atoms with Crippen molar-refractivity contribution in [2.75, 3.05) is 12.4 Å². The molecular formula is C27H21BrFN3O3S. The fourth-order valence-electron chi connectivity index (χ4n) is 3.99. The van der Waals surface area contributed by atoms with Crippen LogP contribution in [0.5, 0.6) is 11.5 Å². The SMILES string of the molecule is COc1cc(/C=C(\C#N)C(=O)Nc2sc3c(c2C#N)CCCC3)cc(Br)c1OCc1ccccc1F. The van der Waals surface area contributed by atoms with E-state index in [-0.39, 0.29) is 18.0 Å². The van der Waals surface area contributed by atoms with Crippen molar-refractivity contribution in [1.82, 2.24) is 0 Å². The third-order valence-electron chi connectivity index (χ3n) is 5.77.